The molecule has 20 heavy (non-hydrogen) atoms. The molecule has 0 fully saturated rings. The maximum absolute atomic E-state index is 13.6. The van der Waals surface area contributed by atoms with E-state index in [-0.39, 0.29) is 30.3 Å². The van der Waals surface area contributed by atoms with Gasteiger partial charge in [-0.1, -0.05) is 12.1 Å². The van der Waals surface area contributed by atoms with Crippen molar-refractivity contribution in [1.82, 2.24) is 0 Å². The number of alkyl halides is 2. The molecule has 0 aliphatic heterocycles. The molecule has 0 spiro atoms. The number of halogens is 3. The van der Waals surface area contributed by atoms with Crippen molar-refractivity contribution in [3.05, 3.63) is 39.9 Å². The summed E-state index contributed by atoms with van der Waals surface area (Å²) < 4.78 is 31.5. The van der Waals surface area contributed by atoms with E-state index in [0.29, 0.717) is 0 Å². The minimum Gasteiger partial charge on any atom is -0.462 e. The third kappa shape index (κ3) is 3.84. The number of nitrogens with two attached hydrogens (primary N) is 1. The van der Waals surface area contributed by atoms with E-state index in [1.807, 2.05) is 0 Å². The number of carbonyl (C=O) groups is 1. The molecule has 0 heterocycles. The normalized spacial score (nSPS) is 12.2. The first-order chi connectivity index (χ1) is 8.80. The first kappa shape index (κ1) is 18.2. The molecule has 1 atom stereocenters. The van der Waals surface area contributed by atoms with E-state index in [2.05, 4.69) is 4.74 Å². The lowest BCUT2D eigenvalue weighted by atomic mass is 10.0. The molecular formula is C11H13ClF2N2O4. The zero-order chi connectivity index (χ0) is 14.6. The molecule has 0 aromatic heterocycles. The Labute approximate surface area is 119 Å². The number of benzene rings is 1. The second-order valence-electron chi connectivity index (χ2n) is 3.67. The van der Waals surface area contributed by atoms with Gasteiger partial charge in [-0.15, -0.1) is 12.4 Å². The molecule has 0 bridgehead atoms. The maximum atomic E-state index is 13.6. The van der Waals surface area contributed by atoms with Crippen molar-refractivity contribution in [3.63, 3.8) is 0 Å². The van der Waals surface area contributed by atoms with E-state index < -0.39 is 22.9 Å². The van der Waals surface area contributed by atoms with Gasteiger partial charge in [0.05, 0.1) is 11.5 Å². The van der Waals surface area contributed by atoms with Gasteiger partial charge in [-0.3, -0.25) is 10.1 Å². The smallest absolute Gasteiger partial charge is 0.379 e. The van der Waals surface area contributed by atoms with Crippen LogP contribution in [0.1, 0.15) is 18.5 Å². The number of hydrogen-bond donors (Lipinski definition) is 1. The van der Waals surface area contributed by atoms with Gasteiger partial charge in [-0.05, 0) is 12.5 Å². The van der Waals surface area contributed by atoms with Gasteiger partial charge in [0.1, 0.15) is 6.04 Å². The van der Waals surface area contributed by atoms with Crippen molar-refractivity contribution in [1.29, 1.82) is 0 Å². The number of carbonyl (C=O) groups excluding carboxylic acids is 1. The Morgan fingerprint density at radius 2 is 1.95 bits per heavy atom. The molecular weight excluding hydrogens is 298 g/mol. The fourth-order valence-electron chi connectivity index (χ4n) is 1.37. The van der Waals surface area contributed by atoms with Crippen LogP contribution in [-0.4, -0.2) is 23.4 Å². The predicted molar refractivity (Wildman–Crippen MR) is 68.9 cm³/mol. The molecule has 1 aromatic carbocycles. The number of nitro groups is 1. The fourth-order valence-corrected chi connectivity index (χ4v) is 1.37. The van der Waals surface area contributed by atoms with Crippen LogP contribution in [0.5, 0.6) is 0 Å². The van der Waals surface area contributed by atoms with Crippen LogP contribution >= 0.6 is 12.4 Å². The summed E-state index contributed by atoms with van der Waals surface area (Å²) in [5.41, 5.74) is 4.96. The number of esters is 1. The first-order valence-electron chi connectivity index (χ1n) is 5.35. The van der Waals surface area contributed by atoms with Crippen LogP contribution in [0.3, 0.4) is 0 Å². The summed E-state index contributed by atoms with van der Waals surface area (Å²) >= 11 is 0. The number of rotatable bonds is 5. The quantitative estimate of drug-likeness (QED) is 0.511. The summed E-state index contributed by atoms with van der Waals surface area (Å²) in [6.45, 7) is 1.20. The van der Waals surface area contributed by atoms with Crippen LogP contribution in [0.25, 0.3) is 0 Å². The van der Waals surface area contributed by atoms with Crippen LogP contribution in [0, 0.1) is 10.1 Å². The number of ether oxygens (including phenoxy) is 1. The molecule has 6 nitrogen and oxygen atoms in total. The molecule has 0 saturated carbocycles. The van der Waals surface area contributed by atoms with Gasteiger partial charge in [0, 0.05) is 12.1 Å². The molecule has 2 N–H and O–H groups in total. The van der Waals surface area contributed by atoms with Crippen molar-refractivity contribution >= 4 is 24.1 Å². The molecule has 112 valence electrons. The summed E-state index contributed by atoms with van der Waals surface area (Å²) in [4.78, 5) is 20.9. The van der Waals surface area contributed by atoms with Gasteiger partial charge in [-0.2, -0.15) is 8.78 Å². The van der Waals surface area contributed by atoms with Gasteiger partial charge in [0.15, 0.2) is 0 Å². The highest BCUT2D eigenvalue weighted by molar-refractivity contribution is 5.85. The lowest BCUT2D eigenvalue weighted by molar-refractivity contribution is -0.384. The highest BCUT2D eigenvalue weighted by Crippen LogP contribution is 2.31. The molecule has 1 aromatic rings. The molecule has 9 heteroatoms. The Morgan fingerprint density at radius 3 is 2.35 bits per heavy atom. The Hall–Kier alpha value is -1.80. The van der Waals surface area contributed by atoms with Crippen LogP contribution in [-0.2, 0) is 9.53 Å². The summed E-state index contributed by atoms with van der Waals surface area (Å²) in [5.74, 6) is -5.62. The predicted octanol–water partition coefficient (Wildman–Crippen LogP) is 2.21. The van der Waals surface area contributed by atoms with Gasteiger partial charge in [0.2, 0.25) is 0 Å². The zero-order valence-electron chi connectivity index (χ0n) is 10.4. The van der Waals surface area contributed by atoms with Gasteiger partial charge >= 0.3 is 11.9 Å². The van der Waals surface area contributed by atoms with Crippen molar-refractivity contribution in [2.24, 2.45) is 5.73 Å². The maximum Gasteiger partial charge on any atom is 0.379 e. The molecule has 0 aliphatic carbocycles. The number of hydrogen-bond acceptors (Lipinski definition) is 5. The topological polar surface area (TPSA) is 95.5 Å². The van der Waals surface area contributed by atoms with Crippen LogP contribution < -0.4 is 5.73 Å². The van der Waals surface area contributed by atoms with E-state index in [4.69, 9.17) is 5.73 Å². The van der Waals surface area contributed by atoms with Crippen LogP contribution in [0.4, 0.5) is 14.5 Å². The van der Waals surface area contributed by atoms with Crippen molar-refractivity contribution in [2.45, 2.75) is 18.9 Å². The molecule has 0 aliphatic rings. The van der Waals surface area contributed by atoms with Crippen molar-refractivity contribution < 1.29 is 23.2 Å². The SMILES string of the molecule is CCOC(=O)C(F)(F)[C@H](N)c1ccc([N+](=O)[O-])cc1.Cl. The van der Waals surface area contributed by atoms with Crippen LogP contribution in [0.15, 0.2) is 24.3 Å². The molecule has 0 unspecified atom stereocenters. The van der Waals surface area contributed by atoms with Crippen LogP contribution in [0.2, 0.25) is 0 Å². The standard InChI is InChI=1S/C11H12F2N2O4.ClH/c1-2-19-10(16)11(12,13)9(14)7-3-5-8(6-4-7)15(17)18;/h3-6,9H,2,14H2,1H3;1H/t9-;/m1./s1. The highest BCUT2D eigenvalue weighted by atomic mass is 35.5. The summed E-state index contributed by atoms with van der Waals surface area (Å²) in [6, 6.07) is 2.31. The van der Waals surface area contributed by atoms with E-state index in [1.54, 1.807) is 0 Å². The Kier molecular flexibility index (Phi) is 6.47. The molecule has 0 saturated heterocycles. The van der Waals surface area contributed by atoms with E-state index in [9.17, 15) is 23.7 Å². The lowest BCUT2D eigenvalue weighted by Gasteiger charge is -2.21. The third-order valence-corrected chi connectivity index (χ3v) is 2.40. The van der Waals surface area contributed by atoms with E-state index in [1.165, 1.54) is 6.92 Å². The van der Waals surface area contributed by atoms with Gasteiger partial charge in [-0.25, -0.2) is 4.79 Å². The summed E-state index contributed by atoms with van der Waals surface area (Å²) in [5, 5.41) is 10.4. The second-order valence-corrected chi connectivity index (χ2v) is 3.67. The third-order valence-electron chi connectivity index (χ3n) is 2.40. The molecule has 0 radical (unpaired) electrons. The second kappa shape index (κ2) is 7.11. The molecule has 1 rings (SSSR count). The number of nitrogens with zero attached hydrogens (tertiary/aromatic N) is 1. The largest absolute Gasteiger partial charge is 0.462 e. The highest BCUT2D eigenvalue weighted by Gasteiger charge is 2.47. The Morgan fingerprint density at radius 1 is 1.45 bits per heavy atom. The Balaban J connectivity index is 0.00000361. The van der Waals surface area contributed by atoms with Gasteiger partial charge < -0.3 is 10.5 Å². The number of nitro benzene ring substituents is 1. The monoisotopic (exact) mass is 310 g/mol. The van der Waals surface area contributed by atoms with E-state index >= 15 is 0 Å². The zero-order valence-corrected chi connectivity index (χ0v) is 11.2. The van der Waals surface area contributed by atoms with E-state index in [0.717, 1.165) is 24.3 Å². The van der Waals surface area contributed by atoms with Gasteiger partial charge in [0.25, 0.3) is 5.69 Å². The average Bonchev–Trinajstić information content (AvgIpc) is 2.38. The minimum atomic E-state index is -3.90. The first-order valence-corrected chi connectivity index (χ1v) is 5.35. The summed E-state index contributed by atoms with van der Waals surface area (Å²) in [6.07, 6.45) is 0. The van der Waals surface area contributed by atoms with Crippen molar-refractivity contribution in [2.75, 3.05) is 6.61 Å². The van der Waals surface area contributed by atoms with Crippen molar-refractivity contribution in [3.8, 4) is 0 Å². The summed E-state index contributed by atoms with van der Waals surface area (Å²) in [7, 11) is 0. The fraction of sp³-hybridized carbons (Fsp3) is 0.364. The Bertz CT molecular complexity index is 482. The minimum absolute atomic E-state index is 0. The average molecular weight is 311 g/mol. The molecule has 0 amide bonds. The number of non-ortho nitro benzene ring substituents is 1. The lowest BCUT2D eigenvalue weighted by Crippen LogP contribution is -2.41.